The topological polar surface area (TPSA) is 281 Å². The number of amides is 4. The number of aliphatic imine (C=N–C) groups is 1. The zero-order valence-electron chi connectivity index (χ0n) is 19.9. The summed E-state index contributed by atoms with van der Waals surface area (Å²) >= 11 is 7.75. The first-order valence-electron chi connectivity index (χ1n) is 11.0. The van der Waals surface area contributed by atoms with Gasteiger partial charge in [0.1, 0.15) is 18.1 Å². The smallest absolute Gasteiger partial charge is 0.327 e. The fourth-order valence-corrected chi connectivity index (χ4v) is 3.08. The quantitative estimate of drug-likeness (QED) is 0.0327. The summed E-state index contributed by atoms with van der Waals surface area (Å²) in [6.45, 7) is -0.464. The van der Waals surface area contributed by atoms with Crippen molar-refractivity contribution in [1.29, 1.82) is 0 Å². The third-order valence-electron chi connectivity index (χ3n) is 4.63. The highest BCUT2D eigenvalue weighted by atomic mass is 32.1. The van der Waals surface area contributed by atoms with Gasteiger partial charge in [-0.05, 0) is 19.3 Å². The standard InChI is InChI=1S/C19H34N8O8S2/c20-9(7-36)15(31)26-10(2-1-5-23-19(21)22)16(32)24-6-13(28)25-11(3-4-14(29)30)17(33)27-12(8-37)18(34)35/h9-12,36-37H,1-8,20H2,(H,24,32)(H,25,28)(H,26,31)(H,27,33)(H,29,30)(H,34,35)(H4,21,22,23). The molecule has 0 aromatic rings. The lowest BCUT2D eigenvalue weighted by molar-refractivity contribution is -0.142. The lowest BCUT2D eigenvalue weighted by Crippen LogP contribution is -2.55. The Morgan fingerprint density at radius 3 is 1.92 bits per heavy atom. The summed E-state index contributed by atoms with van der Waals surface area (Å²) in [5, 5.41) is 27.1. The number of nitrogens with one attached hydrogen (secondary N) is 4. The molecule has 0 fully saturated rings. The maximum Gasteiger partial charge on any atom is 0.327 e. The van der Waals surface area contributed by atoms with Gasteiger partial charge in [-0.1, -0.05) is 0 Å². The van der Waals surface area contributed by atoms with Crippen LogP contribution in [-0.2, 0) is 28.8 Å². The summed E-state index contributed by atoms with van der Waals surface area (Å²) in [4.78, 5) is 75.4. The molecule has 4 atom stereocenters. The first kappa shape index (κ1) is 33.8. The lowest BCUT2D eigenvalue weighted by Gasteiger charge is -2.22. The molecule has 0 aromatic carbocycles. The van der Waals surface area contributed by atoms with Crippen LogP contribution in [0.4, 0.5) is 0 Å². The lowest BCUT2D eigenvalue weighted by atomic mass is 10.1. The number of nitrogens with zero attached hydrogens (tertiary/aromatic N) is 1. The summed E-state index contributed by atoms with van der Waals surface area (Å²) in [6, 6.07) is -4.85. The van der Waals surface area contributed by atoms with Crippen molar-refractivity contribution >= 4 is 66.8 Å². The molecule has 4 amide bonds. The molecule has 0 bridgehead atoms. The van der Waals surface area contributed by atoms with Crippen molar-refractivity contribution in [3.8, 4) is 0 Å². The van der Waals surface area contributed by atoms with E-state index in [9.17, 15) is 28.8 Å². The molecular weight excluding hydrogens is 532 g/mol. The Hall–Kier alpha value is -3.25. The van der Waals surface area contributed by atoms with Crippen LogP contribution in [0.15, 0.2) is 4.99 Å². The van der Waals surface area contributed by atoms with E-state index in [0.29, 0.717) is 6.42 Å². The third kappa shape index (κ3) is 14.8. The number of guanidine groups is 1. The fraction of sp³-hybridized carbons (Fsp3) is 0.632. The molecule has 37 heavy (non-hydrogen) atoms. The molecule has 0 aliphatic heterocycles. The number of carboxylic acid groups (broad SMARTS) is 2. The van der Waals surface area contributed by atoms with Gasteiger partial charge in [0.15, 0.2) is 5.96 Å². The molecule has 0 radical (unpaired) electrons. The molecule has 0 aliphatic carbocycles. The van der Waals surface area contributed by atoms with Gasteiger partial charge in [0, 0.05) is 24.5 Å². The van der Waals surface area contributed by atoms with Crippen LogP contribution in [-0.4, -0.2) is 101 Å². The average Bonchev–Trinajstić information content (AvgIpc) is 2.83. The summed E-state index contributed by atoms with van der Waals surface area (Å²) in [7, 11) is 0. The number of aliphatic carboxylic acids is 2. The van der Waals surface area contributed by atoms with Gasteiger partial charge in [-0.2, -0.15) is 25.3 Å². The molecule has 210 valence electrons. The predicted molar refractivity (Wildman–Crippen MR) is 139 cm³/mol. The molecule has 0 saturated heterocycles. The van der Waals surface area contributed by atoms with Crippen LogP contribution in [0.1, 0.15) is 25.7 Å². The maximum absolute atomic E-state index is 12.6. The van der Waals surface area contributed by atoms with Crippen LogP contribution in [0, 0.1) is 0 Å². The highest BCUT2D eigenvalue weighted by molar-refractivity contribution is 7.80. The van der Waals surface area contributed by atoms with E-state index in [4.69, 9.17) is 27.4 Å². The van der Waals surface area contributed by atoms with Gasteiger partial charge in [-0.15, -0.1) is 0 Å². The van der Waals surface area contributed by atoms with Gasteiger partial charge in [-0.25, -0.2) is 4.79 Å². The van der Waals surface area contributed by atoms with Crippen molar-refractivity contribution in [1.82, 2.24) is 21.3 Å². The Morgan fingerprint density at radius 1 is 0.811 bits per heavy atom. The molecule has 0 rings (SSSR count). The summed E-state index contributed by atoms with van der Waals surface area (Å²) in [5.41, 5.74) is 16.1. The van der Waals surface area contributed by atoms with Gasteiger partial charge in [0.25, 0.3) is 0 Å². The van der Waals surface area contributed by atoms with E-state index in [2.05, 4.69) is 51.5 Å². The second-order valence-electron chi connectivity index (χ2n) is 7.65. The minimum absolute atomic E-state index is 0.0202. The van der Waals surface area contributed by atoms with Gasteiger partial charge in [-0.3, -0.25) is 29.0 Å². The molecule has 12 N–H and O–H groups in total. The largest absolute Gasteiger partial charge is 0.481 e. The first-order valence-corrected chi connectivity index (χ1v) is 12.2. The van der Waals surface area contributed by atoms with Crippen molar-refractivity contribution in [2.75, 3.05) is 24.6 Å². The minimum atomic E-state index is -1.40. The SMILES string of the molecule is NC(N)=NCCCC(NC(=O)C(N)CS)C(=O)NCC(=O)NC(CCC(=O)O)C(=O)NC(CS)C(=O)O. The van der Waals surface area contributed by atoms with E-state index in [0.717, 1.165) is 0 Å². The monoisotopic (exact) mass is 566 g/mol. The Morgan fingerprint density at radius 2 is 1.41 bits per heavy atom. The summed E-state index contributed by atoms with van der Waals surface area (Å²) < 4.78 is 0. The van der Waals surface area contributed by atoms with Crippen molar-refractivity contribution in [2.24, 2.45) is 22.2 Å². The number of carbonyl (C=O) groups is 6. The second kappa shape index (κ2) is 18.1. The Labute approximate surface area is 223 Å². The van der Waals surface area contributed by atoms with Crippen LogP contribution in [0.5, 0.6) is 0 Å². The normalized spacial score (nSPS) is 13.7. The van der Waals surface area contributed by atoms with Crippen molar-refractivity contribution in [3.63, 3.8) is 0 Å². The number of hydrogen-bond acceptors (Lipinski definition) is 10. The zero-order valence-corrected chi connectivity index (χ0v) is 21.7. The van der Waals surface area contributed by atoms with E-state index >= 15 is 0 Å². The average molecular weight is 567 g/mol. The van der Waals surface area contributed by atoms with Crippen molar-refractivity contribution in [3.05, 3.63) is 0 Å². The number of hydrogen-bond donors (Lipinski definition) is 11. The summed E-state index contributed by atoms with van der Waals surface area (Å²) in [5.74, 6) is -6.19. The molecule has 16 nitrogen and oxygen atoms in total. The zero-order chi connectivity index (χ0) is 28.5. The van der Waals surface area contributed by atoms with Gasteiger partial charge >= 0.3 is 11.9 Å². The minimum Gasteiger partial charge on any atom is -0.481 e. The molecule has 0 heterocycles. The number of rotatable bonds is 18. The molecule has 4 unspecified atom stereocenters. The molecule has 0 saturated carbocycles. The summed E-state index contributed by atoms with van der Waals surface area (Å²) in [6.07, 6.45) is -0.450. The number of nitrogens with two attached hydrogens (primary N) is 3. The molecular formula is C19H34N8O8S2. The fourth-order valence-electron chi connectivity index (χ4n) is 2.66. The van der Waals surface area contributed by atoms with Crippen LogP contribution < -0.4 is 38.5 Å². The Balaban J connectivity index is 5.22. The van der Waals surface area contributed by atoms with Crippen LogP contribution >= 0.6 is 25.3 Å². The van der Waals surface area contributed by atoms with Crippen LogP contribution in [0.3, 0.4) is 0 Å². The molecule has 0 spiro atoms. The van der Waals surface area contributed by atoms with Gasteiger partial charge < -0.3 is 48.7 Å². The molecule has 0 aliphatic rings. The van der Waals surface area contributed by atoms with E-state index in [-0.39, 0.29) is 36.9 Å². The Bertz CT molecular complexity index is 856. The Kier molecular flexibility index (Phi) is 16.5. The van der Waals surface area contributed by atoms with Gasteiger partial charge in [0.2, 0.25) is 23.6 Å². The highest BCUT2D eigenvalue weighted by Gasteiger charge is 2.27. The van der Waals surface area contributed by atoms with E-state index in [1.54, 1.807) is 0 Å². The number of thiol groups is 2. The first-order chi connectivity index (χ1) is 17.3. The van der Waals surface area contributed by atoms with Gasteiger partial charge in [0.05, 0.1) is 12.6 Å². The van der Waals surface area contributed by atoms with E-state index < -0.39 is 72.7 Å². The van der Waals surface area contributed by atoms with Crippen molar-refractivity contribution in [2.45, 2.75) is 49.9 Å². The third-order valence-corrected chi connectivity index (χ3v) is 5.39. The van der Waals surface area contributed by atoms with Crippen molar-refractivity contribution < 1.29 is 39.0 Å². The maximum atomic E-state index is 12.6. The molecule has 0 aromatic heterocycles. The van der Waals surface area contributed by atoms with Crippen LogP contribution in [0.2, 0.25) is 0 Å². The van der Waals surface area contributed by atoms with E-state index in [1.165, 1.54) is 0 Å². The predicted octanol–water partition coefficient (Wildman–Crippen LogP) is -4.25. The van der Waals surface area contributed by atoms with Crippen LogP contribution in [0.25, 0.3) is 0 Å². The number of carbonyl (C=O) groups excluding carboxylic acids is 4. The molecule has 18 heteroatoms. The van der Waals surface area contributed by atoms with E-state index in [1.807, 2.05) is 0 Å². The number of carboxylic acids is 2. The second-order valence-corrected chi connectivity index (χ2v) is 8.38. The highest BCUT2D eigenvalue weighted by Crippen LogP contribution is 2.02.